The van der Waals surface area contributed by atoms with E-state index < -0.39 is 11.8 Å². The molecule has 7 heteroatoms. The van der Waals surface area contributed by atoms with E-state index in [4.69, 9.17) is 5.11 Å². The highest BCUT2D eigenvalue weighted by molar-refractivity contribution is 5.89. The number of aliphatic hydroxyl groups excluding tert-OH is 1. The van der Waals surface area contributed by atoms with Crippen molar-refractivity contribution in [1.29, 1.82) is 0 Å². The molecular weight excluding hydrogens is 299 g/mol. The number of urea groups is 1. The molecule has 0 saturated heterocycles. The van der Waals surface area contributed by atoms with Crippen LogP contribution < -0.4 is 10.6 Å². The molecule has 1 atom stereocenters. The lowest BCUT2D eigenvalue weighted by Gasteiger charge is -2.14. The van der Waals surface area contributed by atoms with Gasteiger partial charge in [-0.1, -0.05) is 0 Å². The molecule has 0 fully saturated rings. The van der Waals surface area contributed by atoms with Gasteiger partial charge in [0.25, 0.3) is 0 Å². The van der Waals surface area contributed by atoms with Crippen molar-refractivity contribution in [2.75, 3.05) is 11.9 Å². The number of aliphatic hydroxyl groups is 1. The molecule has 0 aliphatic heterocycles. The molecule has 3 N–H and O–H groups in total. The van der Waals surface area contributed by atoms with Gasteiger partial charge in [0, 0.05) is 24.5 Å². The normalized spacial score (nSPS) is 12.0. The van der Waals surface area contributed by atoms with Crippen LogP contribution in [0.25, 0.3) is 5.69 Å². The zero-order valence-electron chi connectivity index (χ0n) is 13.2. The number of hydrogen-bond donors (Lipinski definition) is 3. The van der Waals surface area contributed by atoms with Crippen molar-refractivity contribution in [2.45, 2.75) is 32.7 Å². The predicted molar refractivity (Wildman–Crippen MR) is 86.2 cm³/mol. The van der Waals surface area contributed by atoms with Crippen LogP contribution in [0.3, 0.4) is 0 Å². The Morgan fingerprint density at radius 3 is 2.87 bits per heavy atom. The van der Waals surface area contributed by atoms with Crippen molar-refractivity contribution in [3.8, 4) is 5.69 Å². The van der Waals surface area contributed by atoms with Crippen molar-refractivity contribution < 1.29 is 14.3 Å². The van der Waals surface area contributed by atoms with Crippen molar-refractivity contribution >= 4 is 11.7 Å². The van der Waals surface area contributed by atoms with Crippen molar-refractivity contribution in [3.05, 3.63) is 42.0 Å². The highest BCUT2D eigenvalue weighted by Gasteiger charge is 2.10. The van der Waals surface area contributed by atoms with Gasteiger partial charge in [0.2, 0.25) is 0 Å². The first-order valence-electron chi connectivity index (χ1n) is 7.49. The minimum atomic E-state index is -0.473. The fourth-order valence-corrected chi connectivity index (χ4v) is 2.18. The van der Waals surface area contributed by atoms with E-state index in [9.17, 15) is 9.18 Å². The summed E-state index contributed by atoms with van der Waals surface area (Å²) in [6.07, 6.45) is 4.66. The molecule has 0 spiro atoms. The Hall–Kier alpha value is -2.41. The Bertz CT molecular complexity index is 672. The fraction of sp³-hybridized carbons (Fsp3) is 0.375. The van der Waals surface area contributed by atoms with Gasteiger partial charge in [0.05, 0.1) is 6.20 Å². The average molecular weight is 320 g/mol. The van der Waals surface area contributed by atoms with Crippen LogP contribution in [-0.2, 0) is 0 Å². The summed E-state index contributed by atoms with van der Waals surface area (Å²) in [5.41, 5.74) is 1.62. The number of carbonyl (C=O) groups is 1. The number of amides is 2. The lowest BCUT2D eigenvalue weighted by molar-refractivity contribution is 0.245. The van der Waals surface area contributed by atoms with Gasteiger partial charge in [-0.2, -0.15) is 5.10 Å². The fourth-order valence-electron chi connectivity index (χ4n) is 2.18. The Morgan fingerprint density at radius 2 is 2.26 bits per heavy atom. The summed E-state index contributed by atoms with van der Waals surface area (Å²) in [5, 5.41) is 18.1. The minimum Gasteiger partial charge on any atom is -0.396 e. The summed E-state index contributed by atoms with van der Waals surface area (Å²) in [5.74, 6) is -0.473. The predicted octanol–water partition coefficient (Wildman–Crippen LogP) is 2.60. The third-order valence-corrected chi connectivity index (χ3v) is 3.34. The van der Waals surface area contributed by atoms with E-state index in [2.05, 4.69) is 15.7 Å². The molecule has 124 valence electrons. The molecule has 0 aliphatic rings. The van der Waals surface area contributed by atoms with Gasteiger partial charge in [-0.3, -0.25) is 0 Å². The molecule has 0 saturated carbocycles. The summed E-state index contributed by atoms with van der Waals surface area (Å²) in [6.45, 7) is 3.81. The smallest absolute Gasteiger partial charge is 0.319 e. The summed E-state index contributed by atoms with van der Waals surface area (Å²) in [4.78, 5) is 11.8. The van der Waals surface area contributed by atoms with Gasteiger partial charge in [-0.15, -0.1) is 0 Å². The van der Waals surface area contributed by atoms with Crippen LogP contribution in [0.5, 0.6) is 0 Å². The second-order valence-electron chi connectivity index (χ2n) is 5.49. The number of nitrogens with zero attached hydrogens (tertiary/aromatic N) is 2. The van der Waals surface area contributed by atoms with Crippen LogP contribution in [-0.4, -0.2) is 33.6 Å². The number of benzene rings is 1. The topological polar surface area (TPSA) is 79.2 Å². The first kappa shape index (κ1) is 17.0. The quantitative estimate of drug-likeness (QED) is 0.765. The third-order valence-electron chi connectivity index (χ3n) is 3.34. The number of aromatic nitrogens is 2. The maximum Gasteiger partial charge on any atom is 0.319 e. The second kappa shape index (κ2) is 7.73. The van der Waals surface area contributed by atoms with E-state index in [0.29, 0.717) is 24.2 Å². The minimum absolute atomic E-state index is 0.0710. The second-order valence-corrected chi connectivity index (χ2v) is 5.49. The van der Waals surface area contributed by atoms with Crippen molar-refractivity contribution in [2.24, 2.45) is 0 Å². The summed E-state index contributed by atoms with van der Waals surface area (Å²) < 4.78 is 15.6. The molecule has 2 amide bonds. The van der Waals surface area contributed by atoms with Crippen LogP contribution in [0.15, 0.2) is 30.6 Å². The standard InChI is InChI=1S/C16H21FN4O2/c1-11-9-18-21(10-11)15-6-5-13(8-14(15)17)20-16(23)19-12(2)4-3-7-22/h5-6,8-10,12,22H,3-4,7H2,1-2H3,(H2,19,20,23). The van der Waals surface area contributed by atoms with Crippen LogP contribution in [0.4, 0.5) is 14.9 Å². The largest absolute Gasteiger partial charge is 0.396 e. The molecule has 1 heterocycles. The Balaban J connectivity index is 1.99. The summed E-state index contributed by atoms with van der Waals surface area (Å²) >= 11 is 0. The monoisotopic (exact) mass is 320 g/mol. The molecular formula is C16H21FN4O2. The Labute approximate surface area is 134 Å². The van der Waals surface area contributed by atoms with Gasteiger partial charge in [0.15, 0.2) is 5.82 Å². The number of halogens is 1. The van der Waals surface area contributed by atoms with Gasteiger partial charge < -0.3 is 15.7 Å². The molecule has 1 unspecified atom stereocenters. The molecule has 2 aromatic rings. The van der Waals surface area contributed by atoms with Crippen LogP contribution in [0.1, 0.15) is 25.3 Å². The van der Waals surface area contributed by atoms with Crippen LogP contribution in [0, 0.1) is 12.7 Å². The summed E-state index contributed by atoms with van der Waals surface area (Å²) in [7, 11) is 0. The number of aryl methyl sites for hydroxylation is 1. The van der Waals surface area contributed by atoms with Gasteiger partial charge in [0.1, 0.15) is 5.69 Å². The first-order chi connectivity index (χ1) is 11.0. The zero-order valence-corrected chi connectivity index (χ0v) is 13.2. The van der Waals surface area contributed by atoms with Gasteiger partial charge in [-0.25, -0.2) is 13.9 Å². The molecule has 1 aromatic heterocycles. The maximum absolute atomic E-state index is 14.2. The average Bonchev–Trinajstić information content (AvgIpc) is 2.91. The summed E-state index contributed by atoms with van der Waals surface area (Å²) in [6, 6.07) is 3.96. The van der Waals surface area contributed by atoms with E-state index in [-0.39, 0.29) is 12.6 Å². The highest BCUT2D eigenvalue weighted by Crippen LogP contribution is 2.18. The van der Waals surface area contributed by atoms with Crippen LogP contribution in [0.2, 0.25) is 0 Å². The lowest BCUT2D eigenvalue weighted by atomic mass is 10.2. The van der Waals surface area contributed by atoms with E-state index in [0.717, 1.165) is 5.56 Å². The third kappa shape index (κ3) is 4.79. The molecule has 23 heavy (non-hydrogen) atoms. The zero-order chi connectivity index (χ0) is 16.8. The Morgan fingerprint density at radius 1 is 1.48 bits per heavy atom. The number of anilines is 1. The molecule has 0 radical (unpaired) electrons. The molecule has 6 nitrogen and oxygen atoms in total. The van der Waals surface area contributed by atoms with Crippen molar-refractivity contribution in [1.82, 2.24) is 15.1 Å². The van der Waals surface area contributed by atoms with Crippen LogP contribution >= 0.6 is 0 Å². The van der Waals surface area contributed by atoms with E-state index in [1.807, 2.05) is 13.8 Å². The number of hydrogen-bond acceptors (Lipinski definition) is 3. The number of carbonyl (C=O) groups excluding carboxylic acids is 1. The van der Waals surface area contributed by atoms with E-state index in [1.165, 1.54) is 10.7 Å². The lowest BCUT2D eigenvalue weighted by Crippen LogP contribution is -2.36. The van der Waals surface area contributed by atoms with Gasteiger partial charge in [-0.05, 0) is 50.5 Å². The maximum atomic E-state index is 14.2. The van der Waals surface area contributed by atoms with E-state index in [1.54, 1.807) is 24.5 Å². The molecule has 0 bridgehead atoms. The van der Waals surface area contributed by atoms with Crippen molar-refractivity contribution in [3.63, 3.8) is 0 Å². The molecule has 0 aliphatic carbocycles. The molecule has 2 rings (SSSR count). The first-order valence-corrected chi connectivity index (χ1v) is 7.49. The van der Waals surface area contributed by atoms with Gasteiger partial charge >= 0.3 is 6.03 Å². The van der Waals surface area contributed by atoms with E-state index >= 15 is 0 Å². The number of rotatable bonds is 6. The molecule has 1 aromatic carbocycles. The Kier molecular flexibility index (Phi) is 5.70. The SMILES string of the molecule is Cc1cnn(-c2ccc(NC(=O)NC(C)CCCO)cc2F)c1. The number of nitrogens with one attached hydrogen (secondary N) is 2. The highest BCUT2D eigenvalue weighted by atomic mass is 19.1.